The first-order chi connectivity index (χ1) is 12.3. The number of hydrogen-bond acceptors (Lipinski definition) is 5. The highest BCUT2D eigenvalue weighted by molar-refractivity contribution is 7.15. The number of carboxylic acid groups (broad SMARTS) is 1. The molecule has 0 radical (unpaired) electrons. The molecule has 2 N–H and O–H groups in total. The molecule has 2 heterocycles. The number of thiazole rings is 1. The van der Waals surface area contributed by atoms with E-state index < -0.39 is 34.2 Å². The Morgan fingerprint density at radius 2 is 1.67 bits per heavy atom. The maximum atomic E-state index is 13.0. The minimum absolute atomic E-state index is 0.0598. The summed E-state index contributed by atoms with van der Waals surface area (Å²) < 4.78 is 77.7. The van der Waals surface area contributed by atoms with Crippen molar-refractivity contribution in [1.82, 2.24) is 4.98 Å². The molecular formula is C15H16F6N2O3S. The summed E-state index contributed by atoms with van der Waals surface area (Å²) in [5.41, 5.74) is -5.89. The van der Waals surface area contributed by atoms with Gasteiger partial charge in [0.2, 0.25) is 0 Å². The van der Waals surface area contributed by atoms with Crippen molar-refractivity contribution < 1.29 is 41.4 Å². The monoisotopic (exact) mass is 418 g/mol. The highest BCUT2D eigenvalue weighted by atomic mass is 32.1. The number of nitrogens with zero attached hydrogens (tertiary/aromatic N) is 2. The summed E-state index contributed by atoms with van der Waals surface area (Å²) >= 11 is 0.110. The lowest BCUT2D eigenvalue weighted by Gasteiger charge is -2.39. The number of piperidine rings is 1. The number of carbonyl (C=O) groups is 1. The van der Waals surface area contributed by atoms with Crippen molar-refractivity contribution in [3.63, 3.8) is 0 Å². The third kappa shape index (κ3) is 3.16. The Morgan fingerprint density at radius 1 is 1.15 bits per heavy atom. The van der Waals surface area contributed by atoms with E-state index >= 15 is 0 Å². The first-order valence-corrected chi connectivity index (χ1v) is 8.95. The molecule has 152 valence electrons. The van der Waals surface area contributed by atoms with Gasteiger partial charge in [-0.3, -0.25) is 4.79 Å². The van der Waals surface area contributed by atoms with Crippen molar-refractivity contribution in [2.75, 3.05) is 18.0 Å². The van der Waals surface area contributed by atoms with Gasteiger partial charge < -0.3 is 15.1 Å². The van der Waals surface area contributed by atoms with E-state index in [1.165, 1.54) is 4.90 Å². The number of aliphatic hydroxyl groups is 1. The zero-order chi connectivity index (χ0) is 20.3. The molecule has 2 aliphatic rings. The number of rotatable bonds is 4. The van der Waals surface area contributed by atoms with E-state index in [4.69, 9.17) is 0 Å². The van der Waals surface area contributed by atoms with Crippen LogP contribution in [0.5, 0.6) is 0 Å². The fourth-order valence-corrected chi connectivity index (χ4v) is 4.65. The van der Waals surface area contributed by atoms with Gasteiger partial charge >= 0.3 is 18.3 Å². The lowest BCUT2D eigenvalue weighted by atomic mass is 9.74. The molecule has 0 unspecified atom stereocenters. The SMILES string of the molecule is O=C(O)C1(C2CC2)CCN(c2ncc(C(O)(C(F)(F)F)C(F)(F)F)s2)CC1. The maximum Gasteiger partial charge on any atom is 0.431 e. The second kappa shape index (κ2) is 6.23. The van der Waals surface area contributed by atoms with E-state index in [0.29, 0.717) is 6.20 Å². The van der Waals surface area contributed by atoms with Crippen LogP contribution in [0.4, 0.5) is 31.5 Å². The van der Waals surface area contributed by atoms with Gasteiger partial charge in [-0.2, -0.15) is 26.3 Å². The van der Waals surface area contributed by atoms with Crippen LogP contribution in [0.25, 0.3) is 0 Å². The quantitative estimate of drug-likeness (QED) is 0.732. The van der Waals surface area contributed by atoms with Crippen molar-refractivity contribution >= 4 is 22.4 Å². The third-order valence-corrected chi connectivity index (χ3v) is 6.55. The van der Waals surface area contributed by atoms with Crippen LogP contribution >= 0.6 is 11.3 Å². The van der Waals surface area contributed by atoms with Crippen LogP contribution in [-0.4, -0.2) is 46.6 Å². The molecule has 1 saturated heterocycles. The Labute approximate surface area is 153 Å². The number of aromatic nitrogens is 1. The Hall–Kier alpha value is -1.56. The van der Waals surface area contributed by atoms with Crippen LogP contribution in [0, 0.1) is 11.3 Å². The Bertz CT molecular complexity index is 706. The van der Waals surface area contributed by atoms with E-state index in [1.807, 2.05) is 0 Å². The molecule has 1 aliphatic heterocycles. The van der Waals surface area contributed by atoms with Gasteiger partial charge in [0.05, 0.1) is 10.3 Å². The molecule has 27 heavy (non-hydrogen) atoms. The lowest BCUT2D eigenvalue weighted by molar-refractivity contribution is -0.375. The van der Waals surface area contributed by atoms with Gasteiger partial charge in [0, 0.05) is 19.3 Å². The molecule has 0 atom stereocenters. The summed E-state index contributed by atoms with van der Waals surface area (Å²) in [7, 11) is 0. The van der Waals surface area contributed by atoms with Crippen molar-refractivity contribution in [3.05, 3.63) is 11.1 Å². The fraction of sp³-hybridized carbons (Fsp3) is 0.733. The molecular weight excluding hydrogens is 402 g/mol. The van der Waals surface area contributed by atoms with Gasteiger partial charge in [0.25, 0.3) is 5.60 Å². The first-order valence-electron chi connectivity index (χ1n) is 8.13. The molecule has 0 bridgehead atoms. The summed E-state index contributed by atoms with van der Waals surface area (Å²) in [6, 6.07) is 0. The van der Waals surface area contributed by atoms with Crippen LogP contribution in [0.2, 0.25) is 0 Å². The van der Waals surface area contributed by atoms with Crippen LogP contribution in [-0.2, 0) is 10.4 Å². The number of aliphatic carboxylic acids is 1. The Morgan fingerprint density at radius 3 is 2.07 bits per heavy atom. The van der Waals surface area contributed by atoms with Gasteiger partial charge in [-0.15, -0.1) is 0 Å². The normalized spacial score (nSPS) is 21.4. The molecule has 0 amide bonds. The van der Waals surface area contributed by atoms with Gasteiger partial charge in [-0.25, -0.2) is 4.98 Å². The molecule has 3 rings (SSSR count). The summed E-state index contributed by atoms with van der Waals surface area (Å²) in [6.45, 7) is 0.318. The molecule has 12 heteroatoms. The van der Waals surface area contributed by atoms with Crippen LogP contribution in [0.1, 0.15) is 30.6 Å². The number of carboxylic acids is 1. The van der Waals surface area contributed by atoms with E-state index in [9.17, 15) is 41.4 Å². The van der Waals surface area contributed by atoms with Crippen molar-refractivity contribution in [3.8, 4) is 0 Å². The lowest BCUT2D eigenvalue weighted by Crippen LogP contribution is -2.53. The highest BCUT2D eigenvalue weighted by Crippen LogP contribution is 2.54. The molecule has 0 spiro atoms. The molecule has 1 aliphatic carbocycles. The number of anilines is 1. The molecule has 1 saturated carbocycles. The summed E-state index contributed by atoms with van der Waals surface area (Å²) in [4.78, 5) is 15.4. The zero-order valence-electron chi connectivity index (χ0n) is 13.8. The topological polar surface area (TPSA) is 73.7 Å². The Balaban J connectivity index is 1.82. The van der Waals surface area contributed by atoms with E-state index in [1.54, 1.807) is 0 Å². The van der Waals surface area contributed by atoms with Crippen molar-refractivity contribution in [2.45, 2.75) is 43.6 Å². The van der Waals surface area contributed by atoms with E-state index in [-0.39, 0.29) is 48.3 Å². The van der Waals surface area contributed by atoms with Crippen molar-refractivity contribution in [1.29, 1.82) is 0 Å². The van der Waals surface area contributed by atoms with E-state index in [2.05, 4.69) is 4.98 Å². The molecule has 5 nitrogen and oxygen atoms in total. The van der Waals surface area contributed by atoms with Gasteiger partial charge in [-0.05, 0) is 31.6 Å². The Kier molecular flexibility index (Phi) is 4.65. The number of alkyl halides is 6. The standard InChI is InChI=1S/C15H16F6N2O3S/c16-14(17,18)13(26,15(19,20)21)9-7-22-11(27-9)23-5-3-12(4-6-23,10(24)25)8-1-2-8/h7-8,26H,1-6H2,(H,24,25). The molecule has 0 aromatic carbocycles. The smallest absolute Gasteiger partial charge is 0.431 e. The predicted molar refractivity (Wildman–Crippen MR) is 82.4 cm³/mol. The molecule has 1 aromatic heterocycles. The molecule has 2 fully saturated rings. The summed E-state index contributed by atoms with van der Waals surface area (Å²) in [5, 5.41) is 18.9. The largest absolute Gasteiger partial charge is 0.481 e. The minimum atomic E-state index is -5.96. The highest BCUT2D eigenvalue weighted by Gasteiger charge is 2.72. The van der Waals surface area contributed by atoms with Crippen LogP contribution in [0.15, 0.2) is 6.20 Å². The van der Waals surface area contributed by atoms with Gasteiger partial charge in [-0.1, -0.05) is 11.3 Å². The number of hydrogen-bond donors (Lipinski definition) is 2. The summed E-state index contributed by atoms with van der Waals surface area (Å²) in [6.07, 6.45) is -9.45. The fourth-order valence-electron chi connectivity index (χ4n) is 3.55. The van der Waals surface area contributed by atoms with Gasteiger partial charge in [0.15, 0.2) is 5.13 Å². The second-order valence-electron chi connectivity index (χ2n) is 6.94. The zero-order valence-corrected chi connectivity index (χ0v) is 14.6. The predicted octanol–water partition coefficient (Wildman–Crippen LogP) is 3.54. The number of halogens is 6. The van der Waals surface area contributed by atoms with Gasteiger partial charge in [0.1, 0.15) is 0 Å². The second-order valence-corrected chi connectivity index (χ2v) is 7.94. The van der Waals surface area contributed by atoms with E-state index in [0.717, 1.165) is 12.8 Å². The summed E-state index contributed by atoms with van der Waals surface area (Å²) in [5.74, 6) is -0.863. The van der Waals surface area contributed by atoms with Crippen LogP contribution in [0.3, 0.4) is 0 Å². The average Bonchev–Trinajstić information content (AvgIpc) is 3.29. The minimum Gasteiger partial charge on any atom is -0.481 e. The maximum absolute atomic E-state index is 13.0. The molecule has 1 aromatic rings. The average molecular weight is 418 g/mol. The third-order valence-electron chi connectivity index (χ3n) is 5.38. The first kappa shape index (κ1) is 20.2. The van der Waals surface area contributed by atoms with Crippen LogP contribution < -0.4 is 4.90 Å². The van der Waals surface area contributed by atoms with Crippen molar-refractivity contribution in [2.24, 2.45) is 11.3 Å².